The number of carbonyl (C=O) groups is 2. The summed E-state index contributed by atoms with van der Waals surface area (Å²) < 4.78 is 24.2. The molecule has 0 aromatic heterocycles. The van der Waals surface area contributed by atoms with Gasteiger partial charge < -0.3 is 25.4 Å². The molecule has 0 radical (unpaired) electrons. The van der Waals surface area contributed by atoms with E-state index in [2.05, 4.69) is 16.0 Å². The maximum Gasteiger partial charge on any atom is 0.315 e. The summed E-state index contributed by atoms with van der Waals surface area (Å²) in [6.45, 7) is 3.31. The smallest absolute Gasteiger partial charge is 0.315 e. The van der Waals surface area contributed by atoms with Crippen molar-refractivity contribution >= 4 is 17.6 Å². The fraction of sp³-hybridized carbons (Fsp3) is 0.364. The van der Waals surface area contributed by atoms with E-state index in [1.54, 1.807) is 30.3 Å². The standard InChI is InChI=1S/C22H26FN3O4/c1-2-4-18(26-22(28)24-14-15-5-7-16(23)8-6-15)21(27)25-17-9-10-19-20(13-17)30-12-3-11-29-19/h5-10,13,18H,2-4,11-12,14H2,1H3,(H,25,27)(H2,24,26,28). The molecule has 1 aliphatic rings. The number of nitrogens with one attached hydrogen (secondary N) is 3. The minimum Gasteiger partial charge on any atom is -0.490 e. The molecule has 0 aliphatic carbocycles. The van der Waals surface area contributed by atoms with Crippen LogP contribution in [0, 0.1) is 5.82 Å². The van der Waals surface area contributed by atoms with Crippen LogP contribution in [0.5, 0.6) is 11.5 Å². The highest BCUT2D eigenvalue weighted by Gasteiger charge is 2.21. The molecule has 2 aromatic rings. The van der Waals surface area contributed by atoms with Gasteiger partial charge in [-0.25, -0.2) is 9.18 Å². The second-order valence-corrected chi connectivity index (χ2v) is 7.00. The summed E-state index contributed by atoms with van der Waals surface area (Å²) in [5.41, 5.74) is 1.33. The van der Waals surface area contributed by atoms with Gasteiger partial charge in [-0.1, -0.05) is 25.5 Å². The molecule has 0 bridgehead atoms. The fourth-order valence-corrected chi connectivity index (χ4v) is 3.02. The molecule has 160 valence electrons. The molecule has 1 heterocycles. The molecule has 0 saturated carbocycles. The maximum atomic E-state index is 13.0. The van der Waals surface area contributed by atoms with Gasteiger partial charge in [-0.2, -0.15) is 0 Å². The van der Waals surface area contributed by atoms with Crippen LogP contribution in [0.25, 0.3) is 0 Å². The molecule has 0 fully saturated rings. The first-order valence-corrected chi connectivity index (χ1v) is 10.0. The maximum absolute atomic E-state index is 13.0. The Balaban J connectivity index is 1.56. The van der Waals surface area contributed by atoms with Gasteiger partial charge in [0.2, 0.25) is 5.91 Å². The quantitative estimate of drug-likeness (QED) is 0.645. The predicted molar refractivity (Wildman–Crippen MR) is 111 cm³/mol. The van der Waals surface area contributed by atoms with Crippen molar-refractivity contribution in [3.05, 3.63) is 53.8 Å². The minimum atomic E-state index is -0.695. The van der Waals surface area contributed by atoms with Gasteiger partial charge in [-0.05, 0) is 36.2 Å². The Morgan fingerprint density at radius 1 is 1.07 bits per heavy atom. The molecule has 3 rings (SSSR count). The number of urea groups is 1. The van der Waals surface area contributed by atoms with E-state index in [9.17, 15) is 14.0 Å². The molecule has 30 heavy (non-hydrogen) atoms. The van der Waals surface area contributed by atoms with Crippen LogP contribution in [0.2, 0.25) is 0 Å². The summed E-state index contributed by atoms with van der Waals surface area (Å²) in [4.78, 5) is 25.0. The van der Waals surface area contributed by atoms with E-state index in [4.69, 9.17) is 9.47 Å². The van der Waals surface area contributed by atoms with Gasteiger partial charge in [0.25, 0.3) is 0 Å². The van der Waals surface area contributed by atoms with Gasteiger partial charge in [0.15, 0.2) is 11.5 Å². The SMILES string of the molecule is CCCC(NC(=O)NCc1ccc(F)cc1)C(=O)Nc1ccc2c(c1)OCCCO2. The number of amides is 3. The monoisotopic (exact) mass is 415 g/mol. The molecule has 8 heteroatoms. The number of rotatable bonds is 7. The molecule has 7 nitrogen and oxygen atoms in total. The first-order valence-electron chi connectivity index (χ1n) is 10.0. The number of fused-ring (bicyclic) bond motifs is 1. The molecule has 1 atom stereocenters. The van der Waals surface area contributed by atoms with Gasteiger partial charge in [-0.3, -0.25) is 4.79 Å². The van der Waals surface area contributed by atoms with Crippen LogP contribution in [0.15, 0.2) is 42.5 Å². The van der Waals surface area contributed by atoms with Crippen molar-refractivity contribution in [1.29, 1.82) is 0 Å². The van der Waals surface area contributed by atoms with E-state index in [1.807, 2.05) is 6.92 Å². The highest BCUT2D eigenvalue weighted by atomic mass is 19.1. The summed E-state index contributed by atoms with van der Waals surface area (Å²) >= 11 is 0. The first kappa shape index (κ1) is 21.4. The van der Waals surface area contributed by atoms with Crippen LogP contribution in [0.1, 0.15) is 31.7 Å². The molecule has 2 aromatic carbocycles. The van der Waals surface area contributed by atoms with E-state index in [1.165, 1.54) is 12.1 Å². The number of hydrogen-bond acceptors (Lipinski definition) is 4. The van der Waals surface area contributed by atoms with Gasteiger partial charge in [0, 0.05) is 24.7 Å². The first-order chi connectivity index (χ1) is 14.5. The zero-order valence-electron chi connectivity index (χ0n) is 16.9. The molecule has 3 amide bonds. The predicted octanol–water partition coefficient (Wildman–Crippen LogP) is 3.59. The van der Waals surface area contributed by atoms with Crippen molar-refractivity contribution in [1.82, 2.24) is 10.6 Å². The van der Waals surface area contributed by atoms with Gasteiger partial charge >= 0.3 is 6.03 Å². The summed E-state index contributed by atoms with van der Waals surface area (Å²) in [6.07, 6.45) is 2.00. The van der Waals surface area contributed by atoms with Crippen LogP contribution in [0.3, 0.4) is 0 Å². The lowest BCUT2D eigenvalue weighted by atomic mass is 10.1. The molecule has 1 unspecified atom stereocenters. The lowest BCUT2D eigenvalue weighted by molar-refractivity contribution is -0.118. The zero-order valence-corrected chi connectivity index (χ0v) is 16.9. The third-order valence-electron chi connectivity index (χ3n) is 4.58. The lowest BCUT2D eigenvalue weighted by Crippen LogP contribution is -2.47. The van der Waals surface area contributed by atoms with E-state index < -0.39 is 12.1 Å². The van der Waals surface area contributed by atoms with Crippen LogP contribution < -0.4 is 25.4 Å². The minimum absolute atomic E-state index is 0.231. The van der Waals surface area contributed by atoms with Crippen LogP contribution in [-0.4, -0.2) is 31.2 Å². The second kappa shape index (κ2) is 10.5. The average molecular weight is 415 g/mol. The fourth-order valence-electron chi connectivity index (χ4n) is 3.02. The van der Waals surface area contributed by atoms with E-state index in [0.29, 0.717) is 36.8 Å². The van der Waals surface area contributed by atoms with E-state index in [0.717, 1.165) is 18.4 Å². The van der Waals surface area contributed by atoms with Crippen LogP contribution >= 0.6 is 0 Å². The van der Waals surface area contributed by atoms with Crippen LogP contribution in [0.4, 0.5) is 14.9 Å². The topological polar surface area (TPSA) is 88.7 Å². The van der Waals surface area contributed by atoms with Crippen molar-refractivity contribution < 1.29 is 23.5 Å². The largest absolute Gasteiger partial charge is 0.490 e. The number of halogens is 1. The number of carbonyl (C=O) groups excluding carboxylic acids is 2. The number of hydrogen-bond donors (Lipinski definition) is 3. The molecular weight excluding hydrogens is 389 g/mol. The van der Waals surface area contributed by atoms with Crippen molar-refractivity contribution in [2.75, 3.05) is 18.5 Å². The zero-order chi connectivity index (χ0) is 21.3. The Labute approximate surface area is 174 Å². The van der Waals surface area contributed by atoms with Crippen molar-refractivity contribution in [2.45, 2.75) is 38.8 Å². The summed E-state index contributed by atoms with van der Waals surface area (Å²) in [6, 6.07) is 9.90. The van der Waals surface area contributed by atoms with E-state index >= 15 is 0 Å². The molecule has 0 spiro atoms. The van der Waals surface area contributed by atoms with E-state index in [-0.39, 0.29) is 18.3 Å². The summed E-state index contributed by atoms with van der Waals surface area (Å²) in [5, 5.41) is 8.21. The lowest BCUT2D eigenvalue weighted by Gasteiger charge is -2.19. The Bertz CT molecular complexity index is 873. The highest BCUT2D eigenvalue weighted by Crippen LogP contribution is 2.32. The number of ether oxygens (including phenoxy) is 2. The van der Waals surface area contributed by atoms with Gasteiger partial charge in [0.1, 0.15) is 11.9 Å². The second-order valence-electron chi connectivity index (χ2n) is 7.00. The summed E-state index contributed by atoms with van der Waals surface area (Å²) in [7, 11) is 0. The normalized spacial score (nSPS) is 13.7. The molecule has 3 N–H and O–H groups in total. The number of anilines is 1. The Kier molecular flexibility index (Phi) is 7.48. The third kappa shape index (κ3) is 6.10. The number of benzene rings is 2. The Morgan fingerprint density at radius 3 is 2.53 bits per heavy atom. The van der Waals surface area contributed by atoms with Crippen LogP contribution in [-0.2, 0) is 11.3 Å². The Hall–Kier alpha value is -3.29. The molecule has 1 aliphatic heterocycles. The van der Waals surface area contributed by atoms with Crippen molar-refractivity contribution in [3.8, 4) is 11.5 Å². The third-order valence-corrected chi connectivity index (χ3v) is 4.58. The van der Waals surface area contributed by atoms with Crippen molar-refractivity contribution in [3.63, 3.8) is 0 Å². The molecular formula is C22H26FN3O4. The van der Waals surface area contributed by atoms with Gasteiger partial charge in [0.05, 0.1) is 13.2 Å². The van der Waals surface area contributed by atoms with Crippen molar-refractivity contribution in [2.24, 2.45) is 0 Å². The van der Waals surface area contributed by atoms with Gasteiger partial charge in [-0.15, -0.1) is 0 Å². The Morgan fingerprint density at radius 2 is 1.80 bits per heavy atom. The highest BCUT2D eigenvalue weighted by molar-refractivity contribution is 5.97. The summed E-state index contributed by atoms with van der Waals surface area (Å²) in [5.74, 6) is 0.581. The average Bonchev–Trinajstić information content (AvgIpc) is 2.98. The molecule has 0 saturated heterocycles.